The molecule has 0 aliphatic rings. The monoisotopic (exact) mass is 240 g/mol. The molecule has 86 valence electrons. The second kappa shape index (κ2) is 11.7. The van der Waals surface area contributed by atoms with Crippen LogP contribution in [0, 0.1) is 0 Å². The molecule has 0 aromatic carbocycles. The zero-order chi connectivity index (χ0) is 10.6. The quantitative estimate of drug-likeness (QED) is 0.348. The van der Waals surface area contributed by atoms with E-state index in [-0.39, 0.29) is 0 Å². The Morgan fingerprint density at radius 1 is 1.00 bits per heavy atom. The van der Waals surface area contributed by atoms with Gasteiger partial charge in [0.2, 0.25) is 0 Å². The zero-order valence-electron chi connectivity index (χ0n) is 8.81. The van der Waals surface area contributed by atoms with Gasteiger partial charge >= 0.3 is 8.60 Å². The first-order valence-electron chi connectivity index (χ1n) is 5.25. The first-order chi connectivity index (χ1) is 6.77. The van der Waals surface area contributed by atoms with Gasteiger partial charge in [-0.25, -0.2) is 3.97 Å². The van der Waals surface area contributed by atoms with E-state index in [1.165, 1.54) is 38.5 Å². The van der Waals surface area contributed by atoms with Gasteiger partial charge in [-0.05, 0) is 6.42 Å². The Morgan fingerprint density at radius 2 is 1.57 bits per heavy atom. The molecule has 0 atom stereocenters. The van der Waals surface area contributed by atoms with Gasteiger partial charge in [0.1, 0.15) is 0 Å². The summed E-state index contributed by atoms with van der Waals surface area (Å²) in [7, 11) is -2.17. The molecule has 0 aliphatic carbocycles. The minimum Gasteiger partial charge on any atom is -0.328 e. The van der Waals surface area contributed by atoms with Crippen molar-refractivity contribution in [3.8, 4) is 0 Å². The largest absolute Gasteiger partial charge is 0.339 e. The third-order valence-corrected chi connectivity index (χ3v) is 3.36. The Morgan fingerprint density at radius 3 is 2.14 bits per heavy atom. The molecule has 0 aromatic rings. The normalized spacial score (nSPS) is 11.1. The molecule has 0 spiro atoms. The fourth-order valence-electron chi connectivity index (χ4n) is 1.20. The molecule has 0 saturated carbocycles. The summed E-state index contributed by atoms with van der Waals surface area (Å²) >= 11 is 1.16. The molecule has 0 bridgehead atoms. The van der Waals surface area contributed by atoms with Crippen LogP contribution in [-0.2, 0) is 3.97 Å². The fraction of sp³-hybridized carbons (Fsp3) is 1.00. The molecule has 0 fully saturated rings. The highest BCUT2D eigenvalue weighted by molar-refractivity contribution is 7.97. The summed E-state index contributed by atoms with van der Waals surface area (Å²) in [6.45, 7) is 2.22. The van der Waals surface area contributed by atoms with Crippen molar-refractivity contribution in [2.45, 2.75) is 51.9 Å². The third kappa shape index (κ3) is 12.7. The van der Waals surface area contributed by atoms with Gasteiger partial charge in [-0.2, -0.15) is 0 Å². The molecule has 0 radical (unpaired) electrons. The molecule has 2 N–H and O–H groups in total. The second-order valence-electron chi connectivity index (χ2n) is 3.27. The summed E-state index contributed by atoms with van der Waals surface area (Å²) in [5.41, 5.74) is 0. The van der Waals surface area contributed by atoms with Crippen LogP contribution in [0.2, 0.25) is 0 Å². The summed E-state index contributed by atoms with van der Waals surface area (Å²) in [6.07, 6.45) is 8.91. The Labute approximate surface area is 92.5 Å². The van der Waals surface area contributed by atoms with Crippen LogP contribution < -0.4 is 0 Å². The first kappa shape index (κ1) is 14.7. The van der Waals surface area contributed by atoms with E-state index < -0.39 is 8.60 Å². The van der Waals surface area contributed by atoms with E-state index in [2.05, 4.69) is 10.9 Å². The predicted molar refractivity (Wildman–Crippen MR) is 62.9 cm³/mol. The Hall–Kier alpha value is 0.660. The van der Waals surface area contributed by atoms with Crippen LogP contribution >= 0.6 is 20.6 Å². The molecule has 0 aromatic heterocycles. The van der Waals surface area contributed by atoms with E-state index in [0.29, 0.717) is 0 Å². The highest BCUT2D eigenvalue weighted by Crippen LogP contribution is 2.31. The van der Waals surface area contributed by atoms with Gasteiger partial charge < -0.3 is 9.79 Å². The predicted octanol–water partition coefficient (Wildman–Crippen LogP) is 3.61. The first-order valence-corrected chi connectivity index (χ1v) is 7.32. The Balaban J connectivity index is 2.85. The van der Waals surface area contributed by atoms with E-state index in [4.69, 9.17) is 9.79 Å². The third-order valence-electron chi connectivity index (χ3n) is 1.95. The SMILES string of the molecule is CCCCCCCCCSOP(O)O. The van der Waals surface area contributed by atoms with E-state index in [0.717, 1.165) is 24.2 Å². The molecule has 5 heteroatoms. The van der Waals surface area contributed by atoms with Gasteiger partial charge in [-0.1, -0.05) is 45.4 Å². The molecule has 0 saturated heterocycles. The Bertz CT molecular complexity index is 114. The van der Waals surface area contributed by atoms with E-state index in [1.807, 2.05) is 0 Å². The van der Waals surface area contributed by atoms with Crippen molar-refractivity contribution in [1.82, 2.24) is 0 Å². The Kier molecular flexibility index (Phi) is 12.3. The molecular weight excluding hydrogens is 219 g/mol. The fourth-order valence-corrected chi connectivity index (χ4v) is 2.20. The van der Waals surface area contributed by atoms with Crippen LogP contribution in [0.5, 0.6) is 0 Å². The lowest BCUT2D eigenvalue weighted by Crippen LogP contribution is -1.83. The summed E-state index contributed by atoms with van der Waals surface area (Å²) in [5, 5.41) is 0. The van der Waals surface area contributed by atoms with Crippen molar-refractivity contribution in [2.75, 3.05) is 5.75 Å². The smallest absolute Gasteiger partial charge is 0.328 e. The molecule has 0 unspecified atom stereocenters. The topological polar surface area (TPSA) is 49.7 Å². The molecule has 0 aliphatic heterocycles. The van der Waals surface area contributed by atoms with Crippen molar-refractivity contribution in [1.29, 1.82) is 0 Å². The van der Waals surface area contributed by atoms with Crippen LogP contribution in [0.25, 0.3) is 0 Å². The van der Waals surface area contributed by atoms with Gasteiger partial charge in [-0.15, -0.1) is 0 Å². The van der Waals surface area contributed by atoms with Crippen LogP contribution in [0.4, 0.5) is 0 Å². The number of unbranched alkanes of at least 4 members (excludes halogenated alkanes) is 6. The van der Waals surface area contributed by atoms with Crippen LogP contribution in [0.1, 0.15) is 51.9 Å². The minimum absolute atomic E-state index is 0.855. The molecule has 3 nitrogen and oxygen atoms in total. The van der Waals surface area contributed by atoms with E-state index in [1.54, 1.807) is 0 Å². The maximum atomic E-state index is 8.43. The highest BCUT2D eigenvalue weighted by Gasteiger charge is 1.98. The second-order valence-corrected chi connectivity index (χ2v) is 5.02. The average molecular weight is 240 g/mol. The van der Waals surface area contributed by atoms with Gasteiger partial charge in [0.25, 0.3) is 0 Å². The maximum absolute atomic E-state index is 8.43. The minimum atomic E-state index is -2.17. The lowest BCUT2D eigenvalue weighted by atomic mass is 10.1. The number of rotatable bonds is 10. The van der Waals surface area contributed by atoms with Crippen molar-refractivity contribution < 1.29 is 13.8 Å². The van der Waals surface area contributed by atoms with Gasteiger partial charge in [-0.3, -0.25) is 0 Å². The van der Waals surface area contributed by atoms with E-state index in [9.17, 15) is 0 Å². The van der Waals surface area contributed by atoms with Crippen LogP contribution in [0.3, 0.4) is 0 Å². The highest BCUT2D eigenvalue weighted by atomic mass is 32.2. The molecule has 0 rings (SSSR count). The summed E-state index contributed by atoms with van der Waals surface area (Å²) in [6, 6.07) is 0. The maximum Gasteiger partial charge on any atom is 0.339 e. The number of hydrogen-bond acceptors (Lipinski definition) is 4. The summed E-state index contributed by atoms with van der Waals surface area (Å²) in [5.74, 6) is 0.855. The van der Waals surface area contributed by atoms with E-state index >= 15 is 0 Å². The molecule has 0 heterocycles. The van der Waals surface area contributed by atoms with Crippen molar-refractivity contribution in [2.24, 2.45) is 0 Å². The van der Waals surface area contributed by atoms with Gasteiger partial charge in [0, 0.05) is 17.8 Å². The van der Waals surface area contributed by atoms with Crippen LogP contribution in [0.15, 0.2) is 0 Å². The van der Waals surface area contributed by atoms with Crippen LogP contribution in [-0.4, -0.2) is 15.5 Å². The number of hydrogen-bond donors (Lipinski definition) is 2. The molecular formula is C9H21O3PS. The van der Waals surface area contributed by atoms with Gasteiger partial charge in [0.05, 0.1) is 0 Å². The van der Waals surface area contributed by atoms with Crippen molar-refractivity contribution >= 4 is 20.6 Å². The summed E-state index contributed by atoms with van der Waals surface area (Å²) < 4.78 is 4.58. The average Bonchev–Trinajstić information content (AvgIpc) is 2.15. The van der Waals surface area contributed by atoms with Gasteiger partial charge in [0.15, 0.2) is 0 Å². The standard InChI is InChI=1S/C9H21O3PS/c1-2-3-4-5-6-7-8-9-14-12-13(10)11/h10-11H,2-9H2,1H3. The zero-order valence-corrected chi connectivity index (χ0v) is 10.5. The molecule has 14 heavy (non-hydrogen) atoms. The summed E-state index contributed by atoms with van der Waals surface area (Å²) in [4.78, 5) is 16.9. The molecule has 0 amide bonds. The van der Waals surface area contributed by atoms with Crippen molar-refractivity contribution in [3.05, 3.63) is 0 Å². The lowest BCUT2D eigenvalue weighted by molar-refractivity contribution is 0.397. The lowest BCUT2D eigenvalue weighted by Gasteiger charge is -2.02. The van der Waals surface area contributed by atoms with Crippen molar-refractivity contribution in [3.63, 3.8) is 0 Å².